The highest BCUT2D eigenvalue weighted by atomic mass is 35.5. The molecule has 0 spiro atoms. The van der Waals surface area contributed by atoms with Gasteiger partial charge in [-0.15, -0.1) is 12.4 Å². The lowest BCUT2D eigenvalue weighted by atomic mass is 9.92. The average molecular weight is 351 g/mol. The lowest BCUT2D eigenvalue weighted by Crippen LogP contribution is -2.42. The Labute approximate surface area is 138 Å². The summed E-state index contributed by atoms with van der Waals surface area (Å²) >= 11 is 0. The molecule has 1 aromatic rings. The summed E-state index contributed by atoms with van der Waals surface area (Å²) in [4.78, 5) is 0.239. The summed E-state index contributed by atoms with van der Waals surface area (Å²) in [6.45, 7) is 6.19. The third kappa shape index (κ3) is 3.79. The third-order valence-electron chi connectivity index (χ3n) is 4.27. The fourth-order valence-electron chi connectivity index (χ4n) is 3.08. The number of benzene rings is 1. The minimum Gasteiger partial charge on any atom is -0.328 e. The highest BCUT2D eigenvalue weighted by molar-refractivity contribution is 7.89. The first-order valence-electron chi connectivity index (χ1n) is 7.26. The molecule has 22 heavy (non-hydrogen) atoms. The molecule has 1 fully saturated rings. The molecule has 0 radical (unpaired) electrons. The molecule has 4 nitrogen and oxygen atoms in total. The van der Waals surface area contributed by atoms with Gasteiger partial charge in [0.15, 0.2) is 0 Å². The Balaban J connectivity index is 0.00000242. The molecule has 2 rings (SSSR count). The topological polar surface area (TPSA) is 63.4 Å². The second kappa shape index (κ2) is 7.25. The Morgan fingerprint density at radius 2 is 1.68 bits per heavy atom. The summed E-state index contributed by atoms with van der Waals surface area (Å²) in [6, 6.07) is 2.63. The van der Waals surface area contributed by atoms with Crippen LogP contribution in [0.25, 0.3) is 0 Å². The number of rotatable bonds is 3. The summed E-state index contributed by atoms with van der Waals surface area (Å²) < 4.78 is 40.4. The molecule has 1 aromatic carbocycles. The molecule has 1 heterocycles. The van der Waals surface area contributed by atoms with Crippen molar-refractivity contribution in [1.29, 1.82) is 0 Å². The number of halogens is 2. The summed E-state index contributed by atoms with van der Waals surface area (Å²) in [5, 5.41) is 0. The molecule has 0 aliphatic carbocycles. The minimum atomic E-state index is -3.56. The van der Waals surface area contributed by atoms with Crippen LogP contribution in [-0.2, 0) is 10.0 Å². The number of hydrogen-bond donors (Lipinski definition) is 1. The van der Waals surface area contributed by atoms with Crippen molar-refractivity contribution in [2.45, 2.75) is 44.6 Å². The fraction of sp³-hybridized carbons (Fsp3) is 0.600. The predicted octanol–water partition coefficient (Wildman–Crippen LogP) is 2.61. The van der Waals surface area contributed by atoms with E-state index >= 15 is 0 Å². The molecule has 0 aromatic heterocycles. The van der Waals surface area contributed by atoms with E-state index in [0.717, 1.165) is 12.8 Å². The van der Waals surface area contributed by atoms with Crippen LogP contribution in [0.5, 0.6) is 0 Å². The van der Waals surface area contributed by atoms with Gasteiger partial charge in [-0.2, -0.15) is 4.31 Å². The van der Waals surface area contributed by atoms with Gasteiger partial charge in [0.05, 0.1) is 4.90 Å². The first-order chi connectivity index (χ1) is 9.73. The van der Waals surface area contributed by atoms with Crippen LogP contribution in [0.4, 0.5) is 4.39 Å². The molecule has 1 unspecified atom stereocenters. The molecule has 1 aliphatic rings. The Hall–Kier alpha value is -0.690. The zero-order valence-corrected chi connectivity index (χ0v) is 14.8. The molecule has 1 saturated heterocycles. The fourth-order valence-corrected chi connectivity index (χ4v) is 4.96. The van der Waals surface area contributed by atoms with E-state index in [1.54, 1.807) is 13.8 Å². The molecule has 0 bridgehead atoms. The van der Waals surface area contributed by atoms with Gasteiger partial charge in [-0.3, -0.25) is 0 Å². The zero-order valence-electron chi connectivity index (χ0n) is 13.2. The second-order valence-electron chi connectivity index (χ2n) is 5.97. The maximum atomic E-state index is 13.4. The monoisotopic (exact) mass is 350 g/mol. The standard InChI is InChI=1S/C15H23FN2O2S.ClH/c1-10-8-14(16)9-11(2)15(10)21(19,20)18-6-4-13(5-7-18)12(3)17;/h8-9,12-13H,4-7,17H2,1-3H3;1H. The molecular weight excluding hydrogens is 327 g/mol. The van der Waals surface area contributed by atoms with Crippen molar-refractivity contribution < 1.29 is 12.8 Å². The Morgan fingerprint density at radius 1 is 1.23 bits per heavy atom. The van der Waals surface area contributed by atoms with E-state index in [1.165, 1.54) is 16.4 Å². The first kappa shape index (κ1) is 19.4. The smallest absolute Gasteiger partial charge is 0.243 e. The lowest BCUT2D eigenvalue weighted by Gasteiger charge is -2.33. The molecule has 0 amide bonds. The van der Waals surface area contributed by atoms with Crippen molar-refractivity contribution in [2.24, 2.45) is 11.7 Å². The van der Waals surface area contributed by atoms with Crippen LogP contribution >= 0.6 is 12.4 Å². The molecule has 0 saturated carbocycles. The maximum Gasteiger partial charge on any atom is 0.243 e. The van der Waals surface area contributed by atoms with Crippen molar-refractivity contribution in [2.75, 3.05) is 13.1 Å². The van der Waals surface area contributed by atoms with Crippen molar-refractivity contribution >= 4 is 22.4 Å². The quantitative estimate of drug-likeness (QED) is 0.911. The molecule has 2 N–H and O–H groups in total. The summed E-state index contributed by atoms with van der Waals surface area (Å²) in [5.74, 6) is -0.0357. The van der Waals surface area contributed by atoms with Gasteiger partial charge in [0.2, 0.25) is 10.0 Å². The van der Waals surface area contributed by atoms with Gasteiger partial charge in [0.1, 0.15) is 5.82 Å². The van der Waals surface area contributed by atoms with E-state index < -0.39 is 15.8 Å². The van der Waals surface area contributed by atoms with E-state index in [0.29, 0.717) is 30.1 Å². The van der Waals surface area contributed by atoms with Gasteiger partial charge in [-0.05, 0) is 62.8 Å². The van der Waals surface area contributed by atoms with Gasteiger partial charge in [0, 0.05) is 19.1 Å². The van der Waals surface area contributed by atoms with E-state index in [4.69, 9.17) is 5.73 Å². The average Bonchev–Trinajstić information content (AvgIpc) is 2.37. The van der Waals surface area contributed by atoms with Crippen LogP contribution in [-0.4, -0.2) is 31.9 Å². The van der Waals surface area contributed by atoms with E-state index in [2.05, 4.69) is 0 Å². The minimum absolute atomic E-state index is 0. The number of sulfonamides is 1. The highest BCUT2D eigenvalue weighted by Gasteiger charge is 2.32. The van der Waals surface area contributed by atoms with Crippen LogP contribution in [0.2, 0.25) is 0 Å². The summed E-state index contributed by atoms with van der Waals surface area (Å²) in [5.41, 5.74) is 6.81. The van der Waals surface area contributed by atoms with Gasteiger partial charge < -0.3 is 5.73 Å². The number of aryl methyl sites for hydroxylation is 2. The molecule has 7 heteroatoms. The van der Waals surface area contributed by atoms with Crippen LogP contribution in [0.1, 0.15) is 30.9 Å². The Kier molecular flexibility index (Phi) is 6.38. The zero-order chi connectivity index (χ0) is 15.8. The van der Waals surface area contributed by atoms with E-state index in [9.17, 15) is 12.8 Å². The van der Waals surface area contributed by atoms with Crippen molar-refractivity contribution in [3.63, 3.8) is 0 Å². The summed E-state index contributed by atoms with van der Waals surface area (Å²) in [7, 11) is -3.56. The van der Waals surface area contributed by atoms with E-state index in [-0.39, 0.29) is 23.3 Å². The highest BCUT2D eigenvalue weighted by Crippen LogP contribution is 2.29. The van der Waals surface area contributed by atoms with Crippen LogP contribution < -0.4 is 5.73 Å². The lowest BCUT2D eigenvalue weighted by molar-refractivity contribution is 0.250. The number of piperidine rings is 1. The number of nitrogens with zero attached hydrogens (tertiary/aromatic N) is 1. The third-order valence-corrected chi connectivity index (χ3v) is 6.47. The van der Waals surface area contributed by atoms with Gasteiger partial charge in [-0.25, -0.2) is 12.8 Å². The van der Waals surface area contributed by atoms with Crippen LogP contribution in [0.15, 0.2) is 17.0 Å². The second-order valence-corrected chi connectivity index (χ2v) is 7.84. The Bertz CT molecular complexity index is 603. The number of hydrogen-bond acceptors (Lipinski definition) is 3. The normalized spacial score (nSPS) is 18.8. The van der Waals surface area contributed by atoms with Gasteiger partial charge in [-0.1, -0.05) is 0 Å². The molecule has 1 aliphatic heterocycles. The van der Waals surface area contributed by atoms with Crippen LogP contribution in [0, 0.1) is 25.6 Å². The largest absolute Gasteiger partial charge is 0.328 e. The molecular formula is C15H24ClFN2O2S. The van der Waals surface area contributed by atoms with Crippen LogP contribution in [0.3, 0.4) is 0 Å². The molecule has 1 atom stereocenters. The van der Waals surface area contributed by atoms with Gasteiger partial charge >= 0.3 is 0 Å². The van der Waals surface area contributed by atoms with Crippen molar-refractivity contribution in [3.05, 3.63) is 29.1 Å². The maximum absolute atomic E-state index is 13.4. The predicted molar refractivity (Wildman–Crippen MR) is 88.3 cm³/mol. The summed E-state index contributed by atoms with van der Waals surface area (Å²) in [6.07, 6.45) is 1.55. The molecule has 126 valence electrons. The van der Waals surface area contributed by atoms with Gasteiger partial charge in [0.25, 0.3) is 0 Å². The van der Waals surface area contributed by atoms with Crippen molar-refractivity contribution in [1.82, 2.24) is 4.31 Å². The Morgan fingerprint density at radius 3 is 2.09 bits per heavy atom. The van der Waals surface area contributed by atoms with Crippen molar-refractivity contribution in [3.8, 4) is 0 Å². The first-order valence-corrected chi connectivity index (χ1v) is 8.70. The SMILES string of the molecule is Cc1cc(F)cc(C)c1S(=O)(=O)N1CCC(C(C)N)CC1.Cl. The van der Waals surface area contributed by atoms with E-state index in [1.807, 2.05) is 6.92 Å². The number of nitrogens with two attached hydrogens (primary N) is 1.